The van der Waals surface area contributed by atoms with E-state index >= 15 is 0 Å². The summed E-state index contributed by atoms with van der Waals surface area (Å²) in [6.07, 6.45) is 1.86. The fourth-order valence-electron chi connectivity index (χ4n) is 1.45. The molecule has 0 fully saturated rings. The smallest absolute Gasteiger partial charge is 0.240 e. The van der Waals surface area contributed by atoms with Crippen molar-refractivity contribution in [1.29, 1.82) is 0 Å². The molecule has 0 aliphatic carbocycles. The third-order valence-electron chi connectivity index (χ3n) is 2.36. The molecule has 5 heteroatoms. The Morgan fingerprint density at radius 3 is 2.50 bits per heavy atom. The lowest BCUT2D eigenvalue weighted by atomic mass is 10.1. The Bertz CT molecular complexity index is 443. The van der Waals surface area contributed by atoms with Gasteiger partial charge in [0.15, 0.2) is 0 Å². The van der Waals surface area contributed by atoms with E-state index in [0.717, 1.165) is 0 Å². The van der Waals surface area contributed by atoms with Crippen molar-refractivity contribution in [3.63, 3.8) is 0 Å². The van der Waals surface area contributed by atoms with Crippen molar-refractivity contribution < 1.29 is 14.0 Å². The topological polar surface area (TPSA) is 72.2 Å². The molecule has 0 saturated carbocycles. The second-order valence-electron chi connectivity index (χ2n) is 3.85. The normalized spacial score (nSPS) is 11.6. The third kappa shape index (κ3) is 4.37. The van der Waals surface area contributed by atoms with Gasteiger partial charge in [-0.25, -0.2) is 4.39 Å². The van der Waals surface area contributed by atoms with Gasteiger partial charge in [-0.1, -0.05) is 18.2 Å². The highest BCUT2D eigenvalue weighted by Crippen LogP contribution is 2.04. The van der Waals surface area contributed by atoms with Crippen LogP contribution < -0.4 is 11.1 Å². The summed E-state index contributed by atoms with van der Waals surface area (Å²) < 4.78 is 12.7. The zero-order chi connectivity index (χ0) is 13.5. The quantitative estimate of drug-likeness (QED) is 0.737. The number of carbonyl (C=O) groups excluding carboxylic acids is 2. The van der Waals surface area contributed by atoms with Crippen LogP contribution in [0.1, 0.15) is 12.0 Å². The van der Waals surface area contributed by atoms with Gasteiger partial charge >= 0.3 is 0 Å². The second-order valence-corrected chi connectivity index (χ2v) is 3.85. The Labute approximate surface area is 105 Å². The maximum atomic E-state index is 12.7. The molecule has 2 amide bonds. The van der Waals surface area contributed by atoms with E-state index in [9.17, 15) is 14.0 Å². The molecule has 1 aromatic carbocycles. The lowest BCUT2D eigenvalue weighted by molar-refractivity contribution is -0.126. The van der Waals surface area contributed by atoms with Gasteiger partial charge in [-0.05, 0) is 24.1 Å². The van der Waals surface area contributed by atoms with Crippen molar-refractivity contribution in [2.24, 2.45) is 5.73 Å². The van der Waals surface area contributed by atoms with Gasteiger partial charge in [-0.15, -0.1) is 6.58 Å². The van der Waals surface area contributed by atoms with Gasteiger partial charge < -0.3 is 11.1 Å². The molecule has 96 valence electrons. The van der Waals surface area contributed by atoms with Crippen LogP contribution >= 0.6 is 0 Å². The molecule has 0 spiro atoms. The summed E-state index contributed by atoms with van der Waals surface area (Å²) in [7, 11) is 0. The molecule has 1 rings (SSSR count). The van der Waals surface area contributed by atoms with Crippen LogP contribution in [0, 0.1) is 5.82 Å². The standard InChI is InChI=1S/C13H15FN2O2/c1-2-3-11(13(15)18)16-12(17)8-9-4-6-10(14)7-5-9/h2,4-7,11H,1,3,8H2,(H2,15,18)(H,16,17)/t11-/m1/s1. The van der Waals surface area contributed by atoms with E-state index < -0.39 is 11.9 Å². The maximum Gasteiger partial charge on any atom is 0.240 e. The van der Waals surface area contributed by atoms with E-state index in [1.165, 1.54) is 30.3 Å². The van der Waals surface area contributed by atoms with Gasteiger partial charge in [0.1, 0.15) is 11.9 Å². The Morgan fingerprint density at radius 2 is 2.00 bits per heavy atom. The molecule has 4 nitrogen and oxygen atoms in total. The van der Waals surface area contributed by atoms with Gasteiger partial charge in [0, 0.05) is 0 Å². The first kappa shape index (κ1) is 13.9. The average molecular weight is 250 g/mol. The molecule has 0 bridgehead atoms. The van der Waals surface area contributed by atoms with Crippen molar-refractivity contribution in [3.8, 4) is 0 Å². The van der Waals surface area contributed by atoms with Crippen LogP contribution in [0.4, 0.5) is 4.39 Å². The highest BCUT2D eigenvalue weighted by molar-refractivity contribution is 5.87. The van der Waals surface area contributed by atoms with Gasteiger partial charge in [-0.3, -0.25) is 9.59 Å². The summed E-state index contributed by atoms with van der Waals surface area (Å²) in [5, 5.41) is 2.50. The molecular formula is C13H15FN2O2. The molecule has 1 aromatic rings. The predicted molar refractivity (Wildman–Crippen MR) is 66.0 cm³/mol. The average Bonchev–Trinajstić information content (AvgIpc) is 2.31. The SMILES string of the molecule is C=CC[C@@H](NC(=O)Cc1ccc(F)cc1)C(N)=O. The largest absolute Gasteiger partial charge is 0.368 e. The van der Waals surface area contributed by atoms with Crippen LogP contribution in [0.2, 0.25) is 0 Å². The van der Waals surface area contributed by atoms with Gasteiger partial charge in [-0.2, -0.15) is 0 Å². The number of benzene rings is 1. The molecule has 0 radical (unpaired) electrons. The maximum absolute atomic E-state index is 12.7. The number of halogens is 1. The summed E-state index contributed by atoms with van der Waals surface area (Å²) in [6.45, 7) is 3.48. The molecule has 1 atom stereocenters. The predicted octanol–water partition coefficient (Wildman–Crippen LogP) is 0.914. The molecule has 18 heavy (non-hydrogen) atoms. The minimum absolute atomic E-state index is 0.0706. The first-order valence-electron chi connectivity index (χ1n) is 5.47. The first-order chi connectivity index (χ1) is 8.52. The Balaban J connectivity index is 2.57. The number of nitrogens with two attached hydrogens (primary N) is 1. The lowest BCUT2D eigenvalue weighted by Gasteiger charge is -2.13. The van der Waals surface area contributed by atoms with Crippen LogP contribution in [0.25, 0.3) is 0 Å². The number of hydrogen-bond donors (Lipinski definition) is 2. The first-order valence-corrected chi connectivity index (χ1v) is 5.47. The van der Waals surface area contributed by atoms with E-state index in [4.69, 9.17) is 5.73 Å². The molecule has 0 aliphatic rings. The van der Waals surface area contributed by atoms with Crippen molar-refractivity contribution in [1.82, 2.24) is 5.32 Å². The van der Waals surface area contributed by atoms with E-state index in [1.54, 1.807) is 0 Å². The Kier molecular flexibility index (Phi) is 5.05. The molecule has 3 N–H and O–H groups in total. The van der Waals surface area contributed by atoms with Crippen molar-refractivity contribution >= 4 is 11.8 Å². The van der Waals surface area contributed by atoms with E-state index in [-0.39, 0.29) is 24.6 Å². The number of primary amides is 1. The molecular weight excluding hydrogens is 235 g/mol. The van der Waals surface area contributed by atoms with Gasteiger partial charge in [0.2, 0.25) is 11.8 Å². The van der Waals surface area contributed by atoms with E-state index in [0.29, 0.717) is 5.56 Å². The Morgan fingerprint density at radius 1 is 1.39 bits per heavy atom. The minimum atomic E-state index is -0.754. The highest BCUT2D eigenvalue weighted by Gasteiger charge is 2.16. The second kappa shape index (κ2) is 6.54. The van der Waals surface area contributed by atoms with E-state index in [1.807, 2.05) is 0 Å². The molecule has 0 aliphatic heterocycles. The van der Waals surface area contributed by atoms with Crippen LogP contribution in [-0.2, 0) is 16.0 Å². The molecule has 0 aromatic heterocycles. The third-order valence-corrected chi connectivity index (χ3v) is 2.36. The summed E-state index contributed by atoms with van der Waals surface area (Å²) in [5.41, 5.74) is 5.80. The number of hydrogen-bond acceptors (Lipinski definition) is 2. The fraction of sp³-hybridized carbons (Fsp3) is 0.231. The van der Waals surface area contributed by atoms with Crippen LogP contribution in [0.15, 0.2) is 36.9 Å². The van der Waals surface area contributed by atoms with Crippen LogP contribution in [0.5, 0.6) is 0 Å². The van der Waals surface area contributed by atoms with Crippen molar-refractivity contribution in [2.45, 2.75) is 18.9 Å². The number of carbonyl (C=O) groups is 2. The van der Waals surface area contributed by atoms with Crippen LogP contribution in [0.3, 0.4) is 0 Å². The minimum Gasteiger partial charge on any atom is -0.368 e. The summed E-state index contributed by atoms with van der Waals surface area (Å²) in [6, 6.07) is 4.83. The Hall–Kier alpha value is -2.17. The molecule has 0 saturated heterocycles. The monoisotopic (exact) mass is 250 g/mol. The van der Waals surface area contributed by atoms with Crippen molar-refractivity contribution in [2.75, 3.05) is 0 Å². The number of amides is 2. The summed E-state index contributed by atoms with van der Waals surface area (Å²) >= 11 is 0. The highest BCUT2D eigenvalue weighted by atomic mass is 19.1. The number of rotatable bonds is 6. The molecule has 0 heterocycles. The summed E-state index contributed by atoms with van der Waals surface area (Å²) in [4.78, 5) is 22.7. The van der Waals surface area contributed by atoms with Gasteiger partial charge in [0.05, 0.1) is 6.42 Å². The fourth-order valence-corrected chi connectivity index (χ4v) is 1.45. The van der Waals surface area contributed by atoms with E-state index in [2.05, 4.69) is 11.9 Å². The molecule has 0 unspecified atom stereocenters. The zero-order valence-corrected chi connectivity index (χ0v) is 9.86. The van der Waals surface area contributed by atoms with Gasteiger partial charge in [0.25, 0.3) is 0 Å². The zero-order valence-electron chi connectivity index (χ0n) is 9.86. The summed E-state index contributed by atoms with van der Waals surface area (Å²) in [5.74, 6) is -1.31. The number of nitrogens with one attached hydrogen (secondary N) is 1. The van der Waals surface area contributed by atoms with Crippen LogP contribution in [-0.4, -0.2) is 17.9 Å². The lowest BCUT2D eigenvalue weighted by Crippen LogP contribution is -2.44. The van der Waals surface area contributed by atoms with Crippen molar-refractivity contribution in [3.05, 3.63) is 48.3 Å².